The standard InChI is InChI=1S/C19H18ClN3OS/c1-11-7-9-13(10-8-11)17-16(12(2)21-19(25)23-17)18(24)22-15-6-4-3-5-14(15)20/h3-10,17H,1-2H3,(H,22,24)(H2,21,23,25)/t17-/m1/s1. The van der Waals surface area contributed by atoms with Gasteiger partial charge in [-0.05, 0) is 43.8 Å². The van der Waals surface area contributed by atoms with Gasteiger partial charge in [-0.15, -0.1) is 0 Å². The van der Waals surface area contributed by atoms with E-state index < -0.39 is 0 Å². The number of rotatable bonds is 3. The largest absolute Gasteiger partial charge is 0.351 e. The number of aryl methyl sites for hydroxylation is 1. The molecule has 0 unspecified atom stereocenters. The normalized spacial score (nSPS) is 16.9. The van der Waals surface area contributed by atoms with Gasteiger partial charge >= 0.3 is 0 Å². The van der Waals surface area contributed by atoms with Gasteiger partial charge in [0.05, 0.1) is 22.3 Å². The van der Waals surface area contributed by atoms with Crippen LogP contribution < -0.4 is 16.0 Å². The van der Waals surface area contributed by atoms with Crippen LogP contribution in [0.1, 0.15) is 24.1 Å². The number of halogens is 1. The number of carbonyl (C=O) groups excluding carboxylic acids is 1. The number of para-hydroxylation sites is 1. The van der Waals surface area contributed by atoms with Crippen LogP contribution in [0.15, 0.2) is 59.8 Å². The molecule has 1 aliphatic heterocycles. The van der Waals surface area contributed by atoms with Crippen molar-refractivity contribution >= 4 is 40.5 Å². The Morgan fingerprint density at radius 3 is 2.48 bits per heavy atom. The van der Waals surface area contributed by atoms with Crippen LogP contribution in [0.3, 0.4) is 0 Å². The van der Waals surface area contributed by atoms with Gasteiger partial charge in [0, 0.05) is 5.70 Å². The highest BCUT2D eigenvalue weighted by molar-refractivity contribution is 7.80. The van der Waals surface area contributed by atoms with Crippen molar-refractivity contribution in [2.75, 3.05) is 5.32 Å². The molecule has 6 heteroatoms. The summed E-state index contributed by atoms with van der Waals surface area (Å²) in [6.07, 6.45) is 0. The SMILES string of the molecule is CC1=C(C(=O)Nc2ccccc2Cl)[C@@H](c2ccc(C)cc2)NC(=S)N1. The predicted molar refractivity (Wildman–Crippen MR) is 106 cm³/mol. The summed E-state index contributed by atoms with van der Waals surface area (Å²) in [4.78, 5) is 12.9. The fourth-order valence-corrected chi connectivity index (χ4v) is 3.21. The molecule has 1 heterocycles. The van der Waals surface area contributed by atoms with Crippen molar-refractivity contribution in [2.24, 2.45) is 0 Å². The Bertz CT molecular complexity index is 861. The maximum atomic E-state index is 12.9. The van der Waals surface area contributed by atoms with Gasteiger partial charge in [0.1, 0.15) is 0 Å². The fraction of sp³-hybridized carbons (Fsp3) is 0.158. The van der Waals surface area contributed by atoms with Crippen LogP contribution >= 0.6 is 23.8 Å². The van der Waals surface area contributed by atoms with Crippen LogP contribution in [0.5, 0.6) is 0 Å². The Morgan fingerprint density at radius 2 is 1.80 bits per heavy atom. The molecule has 0 saturated heterocycles. The molecule has 0 aromatic heterocycles. The number of hydrogen-bond donors (Lipinski definition) is 3. The second kappa shape index (κ2) is 7.25. The van der Waals surface area contributed by atoms with E-state index in [-0.39, 0.29) is 11.9 Å². The van der Waals surface area contributed by atoms with E-state index in [1.165, 1.54) is 0 Å². The average Bonchev–Trinajstić information content (AvgIpc) is 2.57. The third kappa shape index (κ3) is 3.83. The van der Waals surface area contributed by atoms with E-state index in [0.29, 0.717) is 21.4 Å². The van der Waals surface area contributed by atoms with Gasteiger partial charge in [0.2, 0.25) is 0 Å². The quantitative estimate of drug-likeness (QED) is 0.711. The van der Waals surface area contributed by atoms with Crippen molar-refractivity contribution in [1.29, 1.82) is 0 Å². The number of benzene rings is 2. The van der Waals surface area contributed by atoms with E-state index in [1.807, 2.05) is 50.2 Å². The zero-order valence-corrected chi connectivity index (χ0v) is 15.5. The Morgan fingerprint density at radius 1 is 1.12 bits per heavy atom. The molecule has 4 nitrogen and oxygen atoms in total. The summed E-state index contributed by atoms with van der Waals surface area (Å²) in [6.45, 7) is 3.87. The van der Waals surface area contributed by atoms with Crippen molar-refractivity contribution in [3.8, 4) is 0 Å². The Hall–Kier alpha value is -2.37. The van der Waals surface area contributed by atoms with E-state index in [1.54, 1.807) is 12.1 Å². The maximum absolute atomic E-state index is 12.9. The first-order valence-electron chi connectivity index (χ1n) is 7.86. The van der Waals surface area contributed by atoms with Gasteiger partial charge in [-0.2, -0.15) is 0 Å². The molecule has 1 atom stereocenters. The predicted octanol–water partition coefficient (Wildman–Crippen LogP) is 4.08. The molecule has 25 heavy (non-hydrogen) atoms. The third-order valence-corrected chi connectivity index (χ3v) is 4.60. The van der Waals surface area contributed by atoms with Crippen LogP contribution in [0, 0.1) is 6.92 Å². The summed E-state index contributed by atoms with van der Waals surface area (Å²) in [5.41, 5.74) is 4.00. The third-order valence-electron chi connectivity index (χ3n) is 4.05. The molecule has 1 amide bonds. The van der Waals surface area contributed by atoms with Crippen molar-refractivity contribution in [3.63, 3.8) is 0 Å². The number of anilines is 1. The molecule has 0 aliphatic carbocycles. The number of nitrogens with one attached hydrogen (secondary N) is 3. The molecule has 3 N–H and O–H groups in total. The first-order valence-corrected chi connectivity index (χ1v) is 8.65. The smallest absolute Gasteiger partial charge is 0.255 e. The van der Waals surface area contributed by atoms with E-state index in [0.717, 1.165) is 16.8 Å². The van der Waals surface area contributed by atoms with Crippen molar-refractivity contribution in [1.82, 2.24) is 10.6 Å². The topological polar surface area (TPSA) is 53.2 Å². The molecular formula is C19H18ClN3OS. The van der Waals surface area contributed by atoms with Gasteiger partial charge in [-0.3, -0.25) is 4.79 Å². The number of thiocarbonyl (C=S) groups is 1. The van der Waals surface area contributed by atoms with Crippen LogP contribution in [-0.2, 0) is 4.79 Å². The monoisotopic (exact) mass is 371 g/mol. The molecule has 0 radical (unpaired) electrons. The minimum absolute atomic E-state index is 0.223. The van der Waals surface area contributed by atoms with E-state index >= 15 is 0 Å². The first kappa shape index (κ1) is 17.5. The lowest BCUT2D eigenvalue weighted by Crippen LogP contribution is -2.45. The van der Waals surface area contributed by atoms with Crippen LogP contribution in [-0.4, -0.2) is 11.0 Å². The molecule has 0 spiro atoms. The first-order chi connectivity index (χ1) is 12.0. The Labute approximate surface area is 157 Å². The summed E-state index contributed by atoms with van der Waals surface area (Å²) in [6, 6.07) is 14.9. The average molecular weight is 372 g/mol. The minimum atomic E-state index is -0.322. The second-order valence-corrected chi connectivity index (χ2v) is 6.73. The number of allylic oxidation sites excluding steroid dienone is 1. The molecule has 128 valence electrons. The van der Waals surface area contributed by atoms with E-state index in [4.69, 9.17) is 23.8 Å². The molecule has 1 aliphatic rings. The molecule has 0 bridgehead atoms. The lowest BCUT2D eigenvalue weighted by Gasteiger charge is -2.30. The lowest BCUT2D eigenvalue weighted by molar-refractivity contribution is -0.113. The van der Waals surface area contributed by atoms with Gasteiger partial charge in [-0.25, -0.2) is 0 Å². The van der Waals surface area contributed by atoms with Crippen molar-refractivity contribution in [2.45, 2.75) is 19.9 Å². The lowest BCUT2D eigenvalue weighted by atomic mass is 9.94. The number of carbonyl (C=O) groups is 1. The number of amides is 1. The van der Waals surface area contributed by atoms with Crippen molar-refractivity contribution in [3.05, 3.63) is 76.0 Å². The maximum Gasteiger partial charge on any atom is 0.255 e. The number of hydrogen-bond acceptors (Lipinski definition) is 2. The van der Waals surface area contributed by atoms with Crippen LogP contribution in [0.4, 0.5) is 5.69 Å². The summed E-state index contributed by atoms with van der Waals surface area (Å²) in [5, 5.41) is 10.1. The second-order valence-electron chi connectivity index (χ2n) is 5.91. The highest BCUT2D eigenvalue weighted by atomic mass is 35.5. The van der Waals surface area contributed by atoms with Crippen LogP contribution in [0.2, 0.25) is 5.02 Å². The van der Waals surface area contributed by atoms with Crippen molar-refractivity contribution < 1.29 is 4.79 Å². The zero-order chi connectivity index (χ0) is 18.0. The summed E-state index contributed by atoms with van der Waals surface area (Å²) in [5.74, 6) is -0.223. The summed E-state index contributed by atoms with van der Waals surface area (Å²) < 4.78 is 0. The molecular weight excluding hydrogens is 354 g/mol. The minimum Gasteiger partial charge on any atom is -0.351 e. The fourth-order valence-electron chi connectivity index (χ4n) is 2.76. The zero-order valence-electron chi connectivity index (χ0n) is 13.9. The summed E-state index contributed by atoms with van der Waals surface area (Å²) >= 11 is 11.4. The molecule has 0 saturated carbocycles. The van der Waals surface area contributed by atoms with Gasteiger partial charge < -0.3 is 16.0 Å². The van der Waals surface area contributed by atoms with E-state index in [9.17, 15) is 4.79 Å². The van der Waals surface area contributed by atoms with Gasteiger partial charge in [-0.1, -0.05) is 53.6 Å². The van der Waals surface area contributed by atoms with E-state index in [2.05, 4.69) is 16.0 Å². The molecule has 2 aromatic carbocycles. The molecule has 2 aromatic rings. The molecule has 3 rings (SSSR count). The molecule has 0 fully saturated rings. The summed E-state index contributed by atoms with van der Waals surface area (Å²) in [7, 11) is 0. The van der Waals surface area contributed by atoms with Gasteiger partial charge in [0.25, 0.3) is 5.91 Å². The Balaban J connectivity index is 1.96. The Kier molecular flexibility index (Phi) is 5.06. The highest BCUT2D eigenvalue weighted by Crippen LogP contribution is 2.29. The highest BCUT2D eigenvalue weighted by Gasteiger charge is 2.30. The van der Waals surface area contributed by atoms with Crippen LogP contribution in [0.25, 0.3) is 0 Å². The van der Waals surface area contributed by atoms with Gasteiger partial charge in [0.15, 0.2) is 5.11 Å².